The molecule has 0 N–H and O–H groups in total. The van der Waals surface area contributed by atoms with Crippen LogP contribution in [0.15, 0.2) is 24.3 Å². The summed E-state index contributed by atoms with van der Waals surface area (Å²) in [6.45, 7) is 4.31. The molecule has 0 spiro atoms. The smallest absolute Gasteiger partial charge is 0.0169 e. The highest BCUT2D eigenvalue weighted by Gasteiger charge is 1.68. The molecule has 0 fully saturated rings. The van der Waals surface area contributed by atoms with Crippen LogP contribution in [0.4, 0.5) is 0 Å². The van der Waals surface area contributed by atoms with Crippen molar-refractivity contribution in [2.75, 3.05) is 0 Å². The molecule has 0 amide bonds. The van der Waals surface area contributed by atoms with Gasteiger partial charge < -0.3 is 0 Å². The zero-order valence-electron chi connectivity index (χ0n) is 6.43. The van der Waals surface area contributed by atoms with Gasteiger partial charge in [-0.05, 0) is 19.3 Å². The minimum Gasteiger partial charge on any atom is -0.0885 e. The lowest BCUT2D eigenvalue weighted by Crippen LogP contribution is -1.58. The van der Waals surface area contributed by atoms with Gasteiger partial charge in [0.15, 0.2) is 0 Å². The molecule has 0 rings (SSSR count). The van der Waals surface area contributed by atoms with Gasteiger partial charge in [-0.2, -0.15) is 0 Å². The topological polar surface area (TPSA) is 0 Å². The van der Waals surface area contributed by atoms with Gasteiger partial charge in [0.1, 0.15) is 0 Å². The zero-order chi connectivity index (χ0) is 6.95. The van der Waals surface area contributed by atoms with E-state index in [9.17, 15) is 0 Å². The fourth-order valence-corrected chi connectivity index (χ4v) is 0.604. The van der Waals surface area contributed by atoms with Crippen LogP contribution in [-0.4, -0.2) is 0 Å². The Hall–Kier alpha value is -0.520. The Bertz CT molecular complexity index is 76.2. The highest BCUT2D eigenvalue weighted by atomic mass is 13.7. The first kappa shape index (κ1) is 8.48. The molecule has 0 aliphatic heterocycles. The van der Waals surface area contributed by atoms with Crippen molar-refractivity contribution in [3.63, 3.8) is 0 Å². The molecule has 0 heteroatoms. The van der Waals surface area contributed by atoms with Gasteiger partial charge in [0.05, 0.1) is 0 Å². The molecule has 0 radical (unpaired) electrons. The minimum absolute atomic E-state index is 1.10. The Labute approximate surface area is 58.3 Å². The van der Waals surface area contributed by atoms with Crippen LogP contribution in [-0.2, 0) is 0 Å². The lowest BCUT2D eigenvalue weighted by Gasteiger charge is -1.79. The molecule has 0 aromatic carbocycles. The van der Waals surface area contributed by atoms with E-state index in [2.05, 4.69) is 38.2 Å². The highest BCUT2D eigenvalue weighted by molar-refractivity contribution is 4.91. The third kappa shape index (κ3) is 7.48. The standard InChI is InChI=1S/C9H16/c1-3-5-7-9-8-6-4-2/h5-8H,3-4,9H2,1-2H3/b7-5-,8-6?. The first-order chi connectivity index (χ1) is 4.41. The first-order valence-corrected chi connectivity index (χ1v) is 3.71. The predicted molar refractivity (Wildman–Crippen MR) is 43.5 cm³/mol. The average molecular weight is 124 g/mol. The minimum atomic E-state index is 1.10. The van der Waals surface area contributed by atoms with Crippen LogP contribution >= 0.6 is 0 Å². The lowest BCUT2D eigenvalue weighted by molar-refractivity contribution is 1.18. The van der Waals surface area contributed by atoms with E-state index in [1.165, 1.54) is 0 Å². The molecule has 0 saturated heterocycles. The maximum atomic E-state index is 2.20. The third-order valence-electron chi connectivity index (χ3n) is 1.08. The zero-order valence-corrected chi connectivity index (χ0v) is 6.43. The van der Waals surface area contributed by atoms with Gasteiger partial charge in [0.2, 0.25) is 0 Å². The van der Waals surface area contributed by atoms with E-state index in [0.29, 0.717) is 0 Å². The van der Waals surface area contributed by atoms with Crippen molar-refractivity contribution in [2.45, 2.75) is 33.1 Å². The van der Waals surface area contributed by atoms with Crippen LogP contribution in [0.25, 0.3) is 0 Å². The molecule has 0 saturated carbocycles. The maximum absolute atomic E-state index is 2.20. The molecule has 0 atom stereocenters. The van der Waals surface area contributed by atoms with Crippen molar-refractivity contribution in [1.82, 2.24) is 0 Å². The fraction of sp³-hybridized carbons (Fsp3) is 0.556. The summed E-state index contributed by atoms with van der Waals surface area (Å²) in [6.07, 6.45) is 12.2. The Balaban J connectivity index is 3.08. The summed E-state index contributed by atoms with van der Waals surface area (Å²) < 4.78 is 0. The van der Waals surface area contributed by atoms with Gasteiger partial charge in [0.25, 0.3) is 0 Å². The summed E-state index contributed by atoms with van der Waals surface area (Å²) in [5.41, 5.74) is 0. The van der Waals surface area contributed by atoms with Crippen LogP contribution in [0, 0.1) is 0 Å². The molecule has 0 heterocycles. The SMILES string of the molecule is CCC=CC/C=C\CC. The van der Waals surface area contributed by atoms with Gasteiger partial charge in [-0.15, -0.1) is 0 Å². The summed E-state index contributed by atoms with van der Waals surface area (Å²) in [4.78, 5) is 0. The second kappa shape index (κ2) is 7.48. The van der Waals surface area contributed by atoms with Gasteiger partial charge in [0, 0.05) is 0 Å². The van der Waals surface area contributed by atoms with Gasteiger partial charge in [-0.25, -0.2) is 0 Å². The van der Waals surface area contributed by atoms with E-state index >= 15 is 0 Å². The quantitative estimate of drug-likeness (QED) is 0.504. The van der Waals surface area contributed by atoms with Gasteiger partial charge >= 0.3 is 0 Å². The van der Waals surface area contributed by atoms with Crippen LogP contribution < -0.4 is 0 Å². The van der Waals surface area contributed by atoms with E-state index in [1.54, 1.807) is 0 Å². The molecular formula is C9H16. The maximum Gasteiger partial charge on any atom is -0.0169 e. The molecular weight excluding hydrogens is 108 g/mol. The molecule has 0 nitrogen and oxygen atoms in total. The summed E-state index contributed by atoms with van der Waals surface area (Å²) in [5, 5.41) is 0. The molecule has 9 heavy (non-hydrogen) atoms. The van der Waals surface area contributed by atoms with Crippen molar-refractivity contribution >= 4 is 0 Å². The van der Waals surface area contributed by atoms with Gasteiger partial charge in [-0.1, -0.05) is 38.2 Å². The van der Waals surface area contributed by atoms with Crippen LogP contribution in [0.3, 0.4) is 0 Å². The number of hydrogen-bond donors (Lipinski definition) is 0. The van der Waals surface area contributed by atoms with E-state index in [-0.39, 0.29) is 0 Å². The van der Waals surface area contributed by atoms with E-state index in [4.69, 9.17) is 0 Å². The van der Waals surface area contributed by atoms with Crippen molar-refractivity contribution in [1.29, 1.82) is 0 Å². The number of hydrogen-bond acceptors (Lipinski definition) is 0. The Kier molecular flexibility index (Phi) is 7.05. The largest absolute Gasteiger partial charge is 0.0885 e. The molecule has 0 aliphatic rings. The van der Waals surface area contributed by atoms with Crippen LogP contribution in [0.5, 0.6) is 0 Å². The fourth-order valence-electron chi connectivity index (χ4n) is 0.604. The van der Waals surface area contributed by atoms with E-state index < -0.39 is 0 Å². The normalized spacial score (nSPS) is 11.8. The van der Waals surface area contributed by atoms with Crippen molar-refractivity contribution in [2.24, 2.45) is 0 Å². The number of allylic oxidation sites excluding steroid dienone is 4. The molecule has 0 bridgehead atoms. The number of rotatable bonds is 4. The molecule has 0 unspecified atom stereocenters. The van der Waals surface area contributed by atoms with Crippen molar-refractivity contribution in [3.8, 4) is 0 Å². The highest BCUT2D eigenvalue weighted by Crippen LogP contribution is 1.89. The molecule has 52 valence electrons. The summed E-state index contributed by atoms with van der Waals surface area (Å²) in [7, 11) is 0. The molecule has 0 aromatic heterocycles. The molecule has 0 aliphatic carbocycles. The third-order valence-corrected chi connectivity index (χ3v) is 1.08. The van der Waals surface area contributed by atoms with Crippen molar-refractivity contribution < 1.29 is 0 Å². The van der Waals surface area contributed by atoms with Crippen LogP contribution in [0.2, 0.25) is 0 Å². The van der Waals surface area contributed by atoms with E-state index in [0.717, 1.165) is 19.3 Å². The second-order valence-electron chi connectivity index (χ2n) is 2.00. The Morgan fingerprint density at radius 1 is 0.778 bits per heavy atom. The van der Waals surface area contributed by atoms with Crippen molar-refractivity contribution in [3.05, 3.63) is 24.3 Å². The predicted octanol–water partition coefficient (Wildman–Crippen LogP) is 3.31. The monoisotopic (exact) mass is 124 g/mol. The van der Waals surface area contributed by atoms with Gasteiger partial charge in [-0.3, -0.25) is 0 Å². The molecule has 0 aromatic rings. The average Bonchev–Trinajstić information content (AvgIpc) is 1.89. The summed E-state index contributed by atoms with van der Waals surface area (Å²) in [5.74, 6) is 0. The second-order valence-corrected chi connectivity index (χ2v) is 2.00. The summed E-state index contributed by atoms with van der Waals surface area (Å²) >= 11 is 0. The Morgan fingerprint density at radius 2 is 1.22 bits per heavy atom. The first-order valence-electron chi connectivity index (χ1n) is 3.71. The van der Waals surface area contributed by atoms with E-state index in [1.807, 2.05) is 0 Å². The van der Waals surface area contributed by atoms with Crippen LogP contribution in [0.1, 0.15) is 33.1 Å². The summed E-state index contributed by atoms with van der Waals surface area (Å²) in [6, 6.07) is 0. The Morgan fingerprint density at radius 3 is 1.56 bits per heavy atom. The lowest BCUT2D eigenvalue weighted by atomic mass is 10.3.